The summed E-state index contributed by atoms with van der Waals surface area (Å²) in [5, 5.41) is 7.76. The number of nitrogens with zero attached hydrogens (tertiary/aromatic N) is 4. The lowest BCUT2D eigenvalue weighted by Crippen LogP contribution is -2.16. The number of aromatic nitrogens is 4. The van der Waals surface area contributed by atoms with Crippen molar-refractivity contribution in [2.75, 3.05) is 0 Å². The Morgan fingerprint density at radius 2 is 1.62 bits per heavy atom. The highest BCUT2D eigenvalue weighted by Crippen LogP contribution is 2.26. The van der Waals surface area contributed by atoms with Crippen LogP contribution in [0.25, 0.3) is 11.3 Å². The number of hydrogen-bond donors (Lipinski definition) is 0. The molecule has 0 aliphatic carbocycles. The minimum atomic E-state index is -4.71. The Kier molecular flexibility index (Phi) is 7.41. The molecule has 2 aromatic carbocycles. The van der Waals surface area contributed by atoms with Crippen LogP contribution in [0.1, 0.15) is 24.1 Å². The summed E-state index contributed by atoms with van der Waals surface area (Å²) in [6.07, 6.45) is 1.89. The highest BCUT2D eigenvalue weighted by molar-refractivity contribution is 5.60. The number of hydrogen-bond acceptors (Lipinski definition) is 5. The SMILES string of the molecule is FC(F)(F)Oc1ccc(-c2cccc(COc3ccc(CCCCn4ccnn4)cc3)n2)cc1. The molecule has 0 saturated heterocycles. The van der Waals surface area contributed by atoms with Crippen molar-refractivity contribution in [1.82, 2.24) is 20.0 Å². The van der Waals surface area contributed by atoms with Gasteiger partial charge in [0.15, 0.2) is 0 Å². The Balaban J connectivity index is 1.27. The molecule has 0 aliphatic heterocycles. The van der Waals surface area contributed by atoms with E-state index in [1.807, 2.05) is 35.1 Å². The van der Waals surface area contributed by atoms with Crippen LogP contribution < -0.4 is 9.47 Å². The molecule has 6 nitrogen and oxygen atoms in total. The number of pyridine rings is 1. The summed E-state index contributed by atoms with van der Waals surface area (Å²) in [5.41, 5.74) is 3.28. The van der Waals surface area contributed by atoms with Crippen molar-refractivity contribution in [3.63, 3.8) is 0 Å². The quantitative estimate of drug-likeness (QED) is 0.274. The lowest BCUT2D eigenvalue weighted by molar-refractivity contribution is -0.274. The topological polar surface area (TPSA) is 62.1 Å². The first-order chi connectivity index (χ1) is 16.4. The summed E-state index contributed by atoms with van der Waals surface area (Å²) >= 11 is 0. The van der Waals surface area contributed by atoms with Crippen molar-refractivity contribution in [2.24, 2.45) is 0 Å². The van der Waals surface area contributed by atoms with Crippen LogP contribution in [-0.4, -0.2) is 26.3 Å². The largest absolute Gasteiger partial charge is 0.573 e. The maximum Gasteiger partial charge on any atom is 0.573 e. The van der Waals surface area contributed by atoms with E-state index in [1.54, 1.807) is 24.4 Å². The molecule has 4 aromatic rings. The van der Waals surface area contributed by atoms with Gasteiger partial charge in [-0.05, 0) is 73.4 Å². The van der Waals surface area contributed by atoms with Crippen LogP contribution in [0.5, 0.6) is 11.5 Å². The maximum atomic E-state index is 12.3. The second kappa shape index (κ2) is 10.8. The fourth-order valence-electron chi connectivity index (χ4n) is 3.41. The first-order valence-corrected chi connectivity index (χ1v) is 10.8. The predicted molar refractivity (Wildman–Crippen MR) is 120 cm³/mol. The van der Waals surface area contributed by atoms with Crippen LogP contribution in [0.3, 0.4) is 0 Å². The molecule has 0 unspecified atom stereocenters. The Labute approximate surface area is 195 Å². The molecule has 0 spiro atoms. The lowest BCUT2D eigenvalue weighted by atomic mass is 10.1. The Morgan fingerprint density at radius 3 is 2.32 bits per heavy atom. The van der Waals surface area contributed by atoms with Gasteiger partial charge in [-0.25, -0.2) is 4.98 Å². The van der Waals surface area contributed by atoms with Crippen LogP contribution in [0, 0.1) is 0 Å². The van der Waals surface area contributed by atoms with Gasteiger partial charge in [0.1, 0.15) is 18.1 Å². The highest BCUT2D eigenvalue weighted by Gasteiger charge is 2.30. The van der Waals surface area contributed by atoms with E-state index in [2.05, 4.69) is 32.2 Å². The number of benzene rings is 2. The highest BCUT2D eigenvalue weighted by atomic mass is 19.4. The first kappa shape index (κ1) is 23.3. The zero-order valence-corrected chi connectivity index (χ0v) is 18.3. The van der Waals surface area contributed by atoms with Gasteiger partial charge in [-0.15, -0.1) is 18.3 Å². The zero-order chi connectivity index (χ0) is 23.8. The number of ether oxygens (including phenoxy) is 2. The smallest absolute Gasteiger partial charge is 0.487 e. The standard InChI is InChI=1S/C25H23F3N4O2/c26-25(27,28)34-23-13-9-20(10-14-23)24-6-3-5-21(30-24)18-33-22-11-7-19(8-12-22)4-1-2-16-32-17-15-29-31-32/h3,5-15,17H,1-2,4,16,18H2. The molecule has 0 bridgehead atoms. The van der Waals surface area contributed by atoms with Gasteiger partial charge in [0, 0.05) is 18.3 Å². The first-order valence-electron chi connectivity index (χ1n) is 10.8. The summed E-state index contributed by atoms with van der Waals surface area (Å²) in [6, 6.07) is 19.1. The van der Waals surface area contributed by atoms with Gasteiger partial charge in [-0.1, -0.05) is 23.4 Å². The van der Waals surface area contributed by atoms with E-state index in [1.165, 1.54) is 17.7 Å². The number of alkyl halides is 3. The van der Waals surface area contributed by atoms with Crippen molar-refractivity contribution in [2.45, 2.75) is 38.8 Å². The Morgan fingerprint density at radius 1 is 0.853 bits per heavy atom. The summed E-state index contributed by atoms with van der Waals surface area (Å²) in [7, 11) is 0. The average molecular weight is 468 g/mol. The van der Waals surface area contributed by atoms with E-state index in [0.29, 0.717) is 17.0 Å². The molecule has 2 aromatic heterocycles. The molecule has 34 heavy (non-hydrogen) atoms. The molecule has 0 saturated carbocycles. The molecular formula is C25H23F3N4O2. The number of unbranched alkanes of at least 4 members (excludes halogenated alkanes) is 1. The molecular weight excluding hydrogens is 445 g/mol. The molecule has 4 rings (SSSR count). The van der Waals surface area contributed by atoms with E-state index < -0.39 is 6.36 Å². The molecule has 9 heteroatoms. The van der Waals surface area contributed by atoms with Crippen molar-refractivity contribution >= 4 is 0 Å². The maximum absolute atomic E-state index is 12.3. The third kappa shape index (κ3) is 7.06. The fraction of sp³-hybridized carbons (Fsp3) is 0.240. The van der Waals surface area contributed by atoms with Crippen molar-refractivity contribution in [3.05, 3.63) is 90.4 Å². The normalized spacial score (nSPS) is 11.4. The average Bonchev–Trinajstić information content (AvgIpc) is 3.35. The van der Waals surface area contributed by atoms with Gasteiger partial charge in [0.05, 0.1) is 17.6 Å². The third-order valence-electron chi connectivity index (χ3n) is 5.08. The number of halogens is 3. The third-order valence-corrected chi connectivity index (χ3v) is 5.08. The molecule has 176 valence electrons. The van der Waals surface area contributed by atoms with E-state index in [4.69, 9.17) is 4.74 Å². The molecule has 0 amide bonds. The van der Waals surface area contributed by atoms with Crippen molar-refractivity contribution < 1.29 is 22.6 Å². The predicted octanol–water partition coefficient (Wildman–Crippen LogP) is 5.84. The molecule has 0 aliphatic rings. The van der Waals surface area contributed by atoms with Crippen LogP contribution >= 0.6 is 0 Å². The van der Waals surface area contributed by atoms with Crippen LogP contribution in [0.2, 0.25) is 0 Å². The van der Waals surface area contributed by atoms with Gasteiger partial charge >= 0.3 is 6.36 Å². The minimum absolute atomic E-state index is 0.269. The van der Waals surface area contributed by atoms with Crippen molar-refractivity contribution in [3.8, 4) is 22.8 Å². The van der Waals surface area contributed by atoms with Gasteiger partial charge in [-0.3, -0.25) is 4.68 Å². The minimum Gasteiger partial charge on any atom is -0.487 e. The fourth-order valence-corrected chi connectivity index (χ4v) is 3.41. The second-order valence-corrected chi connectivity index (χ2v) is 7.64. The van der Waals surface area contributed by atoms with Gasteiger partial charge in [0.2, 0.25) is 0 Å². The summed E-state index contributed by atoms with van der Waals surface area (Å²) in [5.74, 6) is 0.474. The van der Waals surface area contributed by atoms with Crippen LogP contribution in [-0.2, 0) is 19.6 Å². The van der Waals surface area contributed by atoms with E-state index in [-0.39, 0.29) is 12.4 Å². The van der Waals surface area contributed by atoms with E-state index in [9.17, 15) is 13.2 Å². The number of rotatable bonds is 10. The van der Waals surface area contributed by atoms with Gasteiger partial charge < -0.3 is 9.47 Å². The Hall–Kier alpha value is -3.88. The lowest BCUT2D eigenvalue weighted by Gasteiger charge is -2.10. The van der Waals surface area contributed by atoms with Gasteiger partial charge in [0.25, 0.3) is 0 Å². The summed E-state index contributed by atoms with van der Waals surface area (Å²) in [4.78, 5) is 4.55. The van der Waals surface area contributed by atoms with Crippen LogP contribution in [0.15, 0.2) is 79.1 Å². The molecule has 0 radical (unpaired) electrons. The molecule has 2 heterocycles. The summed E-state index contributed by atoms with van der Waals surface area (Å²) < 4.78 is 48.6. The van der Waals surface area contributed by atoms with Crippen LogP contribution in [0.4, 0.5) is 13.2 Å². The summed E-state index contributed by atoms with van der Waals surface area (Å²) in [6.45, 7) is 1.14. The second-order valence-electron chi connectivity index (χ2n) is 7.64. The Bertz CT molecular complexity index is 1160. The van der Waals surface area contributed by atoms with E-state index in [0.717, 1.165) is 31.6 Å². The molecule has 0 atom stereocenters. The molecule has 0 N–H and O–H groups in total. The van der Waals surface area contributed by atoms with Gasteiger partial charge in [-0.2, -0.15) is 0 Å². The molecule has 0 fully saturated rings. The van der Waals surface area contributed by atoms with Crippen molar-refractivity contribution in [1.29, 1.82) is 0 Å². The zero-order valence-electron chi connectivity index (χ0n) is 18.3. The monoisotopic (exact) mass is 468 g/mol. The number of aryl methyl sites for hydroxylation is 2. The van der Waals surface area contributed by atoms with E-state index >= 15 is 0 Å².